The highest BCUT2D eigenvalue weighted by molar-refractivity contribution is 5.76. The monoisotopic (exact) mass is 238 g/mol. The van der Waals surface area contributed by atoms with Gasteiger partial charge in [-0.2, -0.15) is 0 Å². The average molecular weight is 238 g/mol. The van der Waals surface area contributed by atoms with Gasteiger partial charge in [-0.1, -0.05) is 0 Å². The van der Waals surface area contributed by atoms with Crippen molar-refractivity contribution in [2.75, 3.05) is 6.61 Å². The second-order valence-corrected chi connectivity index (χ2v) is 3.70. The van der Waals surface area contributed by atoms with Gasteiger partial charge in [-0.25, -0.2) is 0 Å². The number of aliphatic hydroxyl groups is 6. The lowest BCUT2D eigenvalue weighted by Gasteiger charge is -2.28. The summed E-state index contributed by atoms with van der Waals surface area (Å²) < 4.78 is 0. The zero-order valence-corrected chi connectivity index (χ0v) is 8.89. The summed E-state index contributed by atoms with van der Waals surface area (Å²) in [5.41, 5.74) is 0. The molecule has 0 aliphatic carbocycles. The SMILES string of the molecule is CC(=O)C[C@H](O)[C@@H](O)[C@@H](O)[C@H](O)[C@@H](O)CO. The largest absolute Gasteiger partial charge is 0.394 e. The number of hydrogen-bond acceptors (Lipinski definition) is 7. The van der Waals surface area contributed by atoms with E-state index >= 15 is 0 Å². The molecule has 7 nitrogen and oxygen atoms in total. The van der Waals surface area contributed by atoms with Crippen molar-refractivity contribution in [2.24, 2.45) is 0 Å². The second-order valence-electron chi connectivity index (χ2n) is 3.70. The van der Waals surface area contributed by atoms with Crippen molar-refractivity contribution in [3.05, 3.63) is 0 Å². The van der Waals surface area contributed by atoms with Crippen molar-refractivity contribution in [1.29, 1.82) is 0 Å². The minimum absolute atomic E-state index is 0.375. The average Bonchev–Trinajstić information content (AvgIpc) is 2.23. The molecular formula is C9H18O7. The highest BCUT2D eigenvalue weighted by Gasteiger charge is 2.34. The molecular weight excluding hydrogens is 220 g/mol. The summed E-state index contributed by atoms with van der Waals surface area (Å²) in [5, 5.41) is 54.7. The first kappa shape index (κ1) is 15.4. The minimum Gasteiger partial charge on any atom is -0.394 e. The van der Waals surface area contributed by atoms with E-state index in [1.807, 2.05) is 0 Å². The molecule has 0 aromatic heterocycles. The maximum absolute atomic E-state index is 10.6. The molecule has 0 radical (unpaired) electrons. The Morgan fingerprint density at radius 1 is 0.938 bits per heavy atom. The van der Waals surface area contributed by atoms with Crippen LogP contribution < -0.4 is 0 Å². The Labute approximate surface area is 92.6 Å². The summed E-state index contributed by atoms with van der Waals surface area (Å²) in [4.78, 5) is 10.6. The molecule has 0 rings (SSSR count). The Morgan fingerprint density at radius 3 is 1.75 bits per heavy atom. The standard InChI is InChI=1S/C9H18O7/c1-4(11)2-5(12)7(14)9(16)8(15)6(13)3-10/h5-10,12-16H,2-3H2,1H3/t5-,6-,7+,8+,9+/m0/s1. The van der Waals surface area contributed by atoms with Gasteiger partial charge >= 0.3 is 0 Å². The molecule has 0 bridgehead atoms. The van der Waals surface area contributed by atoms with Crippen molar-refractivity contribution in [2.45, 2.75) is 43.9 Å². The highest BCUT2D eigenvalue weighted by atomic mass is 16.4. The molecule has 0 aromatic carbocycles. The molecule has 0 aliphatic heterocycles. The fourth-order valence-corrected chi connectivity index (χ4v) is 1.18. The van der Waals surface area contributed by atoms with Gasteiger partial charge in [-0.3, -0.25) is 4.79 Å². The first-order valence-electron chi connectivity index (χ1n) is 4.81. The highest BCUT2D eigenvalue weighted by Crippen LogP contribution is 2.10. The van der Waals surface area contributed by atoms with E-state index in [-0.39, 0.29) is 6.42 Å². The van der Waals surface area contributed by atoms with E-state index in [4.69, 9.17) is 10.2 Å². The van der Waals surface area contributed by atoms with Gasteiger partial charge in [0.2, 0.25) is 0 Å². The predicted molar refractivity (Wildman–Crippen MR) is 52.4 cm³/mol. The molecule has 0 aliphatic rings. The molecule has 0 heterocycles. The van der Waals surface area contributed by atoms with Gasteiger partial charge in [0, 0.05) is 6.42 Å². The third kappa shape index (κ3) is 4.52. The maximum atomic E-state index is 10.6. The molecule has 5 atom stereocenters. The summed E-state index contributed by atoms with van der Waals surface area (Å²) in [6, 6.07) is 0. The Kier molecular flexibility index (Phi) is 6.65. The van der Waals surface area contributed by atoms with E-state index in [1.165, 1.54) is 6.92 Å². The van der Waals surface area contributed by atoms with Crippen LogP contribution in [0.25, 0.3) is 0 Å². The van der Waals surface area contributed by atoms with Crippen molar-refractivity contribution >= 4 is 5.78 Å². The van der Waals surface area contributed by atoms with Crippen LogP contribution in [0.4, 0.5) is 0 Å². The number of aliphatic hydroxyl groups excluding tert-OH is 6. The molecule has 96 valence electrons. The molecule has 0 amide bonds. The van der Waals surface area contributed by atoms with Crippen molar-refractivity contribution in [1.82, 2.24) is 0 Å². The van der Waals surface area contributed by atoms with E-state index in [0.717, 1.165) is 0 Å². The lowest BCUT2D eigenvalue weighted by atomic mass is 9.97. The van der Waals surface area contributed by atoms with Crippen LogP contribution in [0.15, 0.2) is 0 Å². The molecule has 7 heteroatoms. The molecule has 0 saturated heterocycles. The van der Waals surface area contributed by atoms with Gasteiger partial charge in [-0.05, 0) is 6.92 Å². The van der Waals surface area contributed by atoms with Crippen LogP contribution in [0.3, 0.4) is 0 Å². The van der Waals surface area contributed by atoms with Crippen molar-refractivity contribution < 1.29 is 35.4 Å². The first-order chi connectivity index (χ1) is 7.31. The molecule has 0 spiro atoms. The molecule has 0 unspecified atom stereocenters. The Morgan fingerprint density at radius 2 is 1.38 bits per heavy atom. The second kappa shape index (κ2) is 6.89. The normalized spacial score (nSPS) is 20.9. The van der Waals surface area contributed by atoms with E-state index < -0.39 is 42.9 Å². The van der Waals surface area contributed by atoms with Gasteiger partial charge in [0.15, 0.2) is 0 Å². The summed E-state index contributed by atoms with van der Waals surface area (Å²) in [5.74, 6) is -0.393. The fourth-order valence-electron chi connectivity index (χ4n) is 1.18. The summed E-state index contributed by atoms with van der Waals surface area (Å²) in [6.45, 7) is 0.398. The fraction of sp³-hybridized carbons (Fsp3) is 0.889. The number of ketones is 1. The topological polar surface area (TPSA) is 138 Å². The molecule has 16 heavy (non-hydrogen) atoms. The maximum Gasteiger partial charge on any atom is 0.132 e. The van der Waals surface area contributed by atoms with Gasteiger partial charge in [0.25, 0.3) is 0 Å². The number of hydrogen-bond donors (Lipinski definition) is 6. The Hall–Kier alpha value is -0.570. The number of rotatable bonds is 7. The zero-order chi connectivity index (χ0) is 12.9. The summed E-state index contributed by atoms with van der Waals surface area (Å²) in [6.07, 6.45) is -8.97. The van der Waals surface area contributed by atoms with E-state index in [9.17, 15) is 25.2 Å². The van der Waals surface area contributed by atoms with Gasteiger partial charge < -0.3 is 30.6 Å². The van der Waals surface area contributed by atoms with Gasteiger partial charge in [0.05, 0.1) is 12.7 Å². The van der Waals surface area contributed by atoms with Crippen LogP contribution in [0.5, 0.6) is 0 Å². The van der Waals surface area contributed by atoms with E-state index in [1.54, 1.807) is 0 Å². The Balaban J connectivity index is 4.35. The quantitative estimate of drug-likeness (QED) is 0.274. The molecule has 0 saturated carbocycles. The summed E-state index contributed by atoms with van der Waals surface area (Å²) >= 11 is 0. The van der Waals surface area contributed by atoms with Crippen LogP contribution in [0.2, 0.25) is 0 Å². The minimum atomic E-state index is -1.85. The zero-order valence-electron chi connectivity index (χ0n) is 8.89. The summed E-state index contributed by atoms with van der Waals surface area (Å²) in [7, 11) is 0. The third-order valence-corrected chi connectivity index (χ3v) is 2.17. The van der Waals surface area contributed by atoms with Crippen molar-refractivity contribution in [3.63, 3.8) is 0 Å². The molecule has 0 fully saturated rings. The van der Waals surface area contributed by atoms with E-state index in [2.05, 4.69) is 0 Å². The van der Waals surface area contributed by atoms with Gasteiger partial charge in [-0.15, -0.1) is 0 Å². The van der Waals surface area contributed by atoms with Crippen LogP contribution in [-0.2, 0) is 4.79 Å². The number of carbonyl (C=O) groups is 1. The van der Waals surface area contributed by atoms with Crippen LogP contribution >= 0.6 is 0 Å². The third-order valence-electron chi connectivity index (χ3n) is 2.17. The predicted octanol–water partition coefficient (Wildman–Crippen LogP) is -3.24. The molecule has 0 aromatic rings. The van der Waals surface area contributed by atoms with Crippen LogP contribution in [0, 0.1) is 0 Å². The first-order valence-corrected chi connectivity index (χ1v) is 4.81. The van der Waals surface area contributed by atoms with Crippen LogP contribution in [-0.4, -0.2) is 73.5 Å². The van der Waals surface area contributed by atoms with Crippen molar-refractivity contribution in [3.8, 4) is 0 Å². The smallest absolute Gasteiger partial charge is 0.132 e. The lowest BCUT2D eigenvalue weighted by Crippen LogP contribution is -2.50. The van der Waals surface area contributed by atoms with Gasteiger partial charge in [0.1, 0.15) is 30.2 Å². The van der Waals surface area contributed by atoms with Crippen LogP contribution in [0.1, 0.15) is 13.3 Å². The molecule has 6 N–H and O–H groups in total. The lowest BCUT2D eigenvalue weighted by molar-refractivity contribution is -0.145. The number of Topliss-reactive ketones (excluding diaryl/α,β-unsaturated/α-hetero) is 1. The van der Waals surface area contributed by atoms with E-state index in [0.29, 0.717) is 0 Å². The number of carbonyl (C=O) groups excluding carboxylic acids is 1. The Bertz CT molecular complexity index is 220.